The Bertz CT molecular complexity index is 622. The smallest absolute Gasteiger partial charge is 0.142 e. The minimum absolute atomic E-state index is 0.153. The van der Waals surface area contributed by atoms with Crippen molar-refractivity contribution in [3.05, 3.63) is 51.6 Å². The van der Waals surface area contributed by atoms with Gasteiger partial charge in [0.15, 0.2) is 0 Å². The highest BCUT2D eigenvalue weighted by Crippen LogP contribution is 2.21. The molecule has 1 aromatic carbocycles. The topological polar surface area (TPSA) is 29.9 Å². The van der Waals surface area contributed by atoms with Gasteiger partial charge in [-0.05, 0) is 38.5 Å². The molecule has 1 aromatic heterocycles. The summed E-state index contributed by atoms with van der Waals surface area (Å²) in [6.45, 7) is 6.73. The predicted octanol–water partition coefficient (Wildman–Crippen LogP) is 3.68. The zero-order chi connectivity index (χ0) is 14.9. The van der Waals surface area contributed by atoms with Gasteiger partial charge in [-0.3, -0.25) is 4.68 Å². The first-order chi connectivity index (χ1) is 9.40. The molecule has 108 valence electrons. The number of hydrogen-bond acceptors (Lipinski definition) is 2. The van der Waals surface area contributed by atoms with Crippen LogP contribution in [0.25, 0.3) is 0 Å². The van der Waals surface area contributed by atoms with Gasteiger partial charge in [-0.25, -0.2) is 4.39 Å². The summed E-state index contributed by atoms with van der Waals surface area (Å²) in [5.74, 6) is -0.382. The normalized spacial score (nSPS) is 12.7. The second kappa shape index (κ2) is 5.94. The average molecular weight is 296 g/mol. The van der Waals surface area contributed by atoms with E-state index in [1.165, 1.54) is 11.6 Å². The maximum absolute atomic E-state index is 13.4. The quantitative estimate of drug-likeness (QED) is 0.932. The molecule has 3 nitrogen and oxygen atoms in total. The Morgan fingerprint density at radius 2 is 2.10 bits per heavy atom. The molecule has 0 radical (unpaired) electrons. The van der Waals surface area contributed by atoms with Crippen molar-refractivity contribution in [2.45, 2.75) is 33.4 Å². The van der Waals surface area contributed by atoms with Crippen LogP contribution in [0.4, 0.5) is 4.39 Å². The molecule has 0 aliphatic heterocycles. The van der Waals surface area contributed by atoms with Crippen LogP contribution in [0.3, 0.4) is 0 Å². The van der Waals surface area contributed by atoms with Gasteiger partial charge in [0.25, 0.3) is 0 Å². The Hall–Kier alpha value is -1.39. The van der Waals surface area contributed by atoms with Crippen LogP contribution in [0.5, 0.6) is 0 Å². The predicted molar refractivity (Wildman–Crippen MR) is 79.3 cm³/mol. The van der Waals surface area contributed by atoms with Crippen molar-refractivity contribution in [3.63, 3.8) is 0 Å². The van der Waals surface area contributed by atoms with Crippen LogP contribution in [0.1, 0.15) is 35.5 Å². The van der Waals surface area contributed by atoms with Crippen LogP contribution in [-0.2, 0) is 13.6 Å². The van der Waals surface area contributed by atoms with Gasteiger partial charge in [-0.1, -0.05) is 17.7 Å². The summed E-state index contributed by atoms with van der Waals surface area (Å²) in [5.41, 5.74) is 4.23. The third kappa shape index (κ3) is 3.02. The van der Waals surface area contributed by atoms with Gasteiger partial charge >= 0.3 is 0 Å². The minimum atomic E-state index is -0.382. The molecule has 0 saturated heterocycles. The van der Waals surface area contributed by atoms with Crippen molar-refractivity contribution in [2.24, 2.45) is 7.05 Å². The van der Waals surface area contributed by atoms with Crippen LogP contribution >= 0.6 is 11.6 Å². The highest BCUT2D eigenvalue weighted by Gasteiger charge is 2.15. The van der Waals surface area contributed by atoms with E-state index in [1.54, 1.807) is 6.07 Å². The SMILES string of the molecule is Cc1nn(C)c(C)c1[C@H](C)NCc1ccc(Cl)c(F)c1. The van der Waals surface area contributed by atoms with Crippen molar-refractivity contribution >= 4 is 11.6 Å². The summed E-state index contributed by atoms with van der Waals surface area (Å²) >= 11 is 5.68. The first-order valence-electron chi connectivity index (χ1n) is 6.57. The Labute approximate surface area is 123 Å². The van der Waals surface area contributed by atoms with E-state index >= 15 is 0 Å². The molecule has 1 N–H and O–H groups in total. The summed E-state index contributed by atoms with van der Waals surface area (Å²) in [6.07, 6.45) is 0. The zero-order valence-electron chi connectivity index (χ0n) is 12.2. The molecule has 0 amide bonds. The van der Waals surface area contributed by atoms with E-state index in [0.29, 0.717) is 6.54 Å². The van der Waals surface area contributed by atoms with Gasteiger partial charge in [0.1, 0.15) is 5.82 Å². The highest BCUT2D eigenvalue weighted by molar-refractivity contribution is 6.30. The van der Waals surface area contributed by atoms with Gasteiger partial charge < -0.3 is 5.32 Å². The minimum Gasteiger partial charge on any atom is -0.306 e. The number of nitrogens with one attached hydrogen (secondary N) is 1. The number of hydrogen-bond donors (Lipinski definition) is 1. The molecule has 5 heteroatoms. The molecule has 0 saturated carbocycles. The van der Waals surface area contributed by atoms with Gasteiger partial charge in [0.2, 0.25) is 0 Å². The highest BCUT2D eigenvalue weighted by atomic mass is 35.5. The Kier molecular flexibility index (Phi) is 4.45. The summed E-state index contributed by atoms with van der Waals surface area (Å²) in [5, 5.41) is 7.96. The van der Waals surface area contributed by atoms with Gasteiger partial charge in [-0.15, -0.1) is 0 Å². The van der Waals surface area contributed by atoms with Gasteiger partial charge in [0.05, 0.1) is 10.7 Å². The summed E-state index contributed by atoms with van der Waals surface area (Å²) in [6, 6.07) is 5.03. The van der Waals surface area contributed by atoms with Crippen LogP contribution < -0.4 is 5.32 Å². The van der Waals surface area contributed by atoms with E-state index in [1.807, 2.05) is 24.7 Å². The standard InChI is InChI=1S/C15H19ClFN3/c1-9(15-10(2)19-20(4)11(15)3)18-8-12-5-6-13(16)14(17)7-12/h5-7,9,18H,8H2,1-4H3/t9-/m0/s1. The zero-order valence-corrected chi connectivity index (χ0v) is 12.9. The number of nitrogens with zero attached hydrogens (tertiary/aromatic N) is 2. The molecule has 1 atom stereocenters. The van der Waals surface area contributed by atoms with Crippen LogP contribution in [0.15, 0.2) is 18.2 Å². The van der Waals surface area contributed by atoms with E-state index in [2.05, 4.69) is 24.3 Å². The fourth-order valence-corrected chi connectivity index (χ4v) is 2.56. The van der Waals surface area contributed by atoms with Crippen molar-refractivity contribution in [1.82, 2.24) is 15.1 Å². The Morgan fingerprint density at radius 1 is 1.40 bits per heavy atom. The lowest BCUT2D eigenvalue weighted by Gasteiger charge is -2.15. The van der Waals surface area contributed by atoms with Crippen LogP contribution in [0.2, 0.25) is 5.02 Å². The fraction of sp³-hybridized carbons (Fsp3) is 0.400. The molecule has 2 rings (SSSR count). The van der Waals surface area contributed by atoms with Crippen LogP contribution in [0, 0.1) is 19.7 Å². The molecule has 0 unspecified atom stereocenters. The van der Waals surface area contributed by atoms with Crippen molar-refractivity contribution in [1.29, 1.82) is 0 Å². The van der Waals surface area contributed by atoms with E-state index in [-0.39, 0.29) is 16.9 Å². The third-order valence-electron chi connectivity index (χ3n) is 3.59. The molecule has 0 aliphatic rings. The van der Waals surface area contributed by atoms with Gasteiger partial charge in [-0.2, -0.15) is 5.10 Å². The van der Waals surface area contributed by atoms with E-state index in [0.717, 1.165) is 17.0 Å². The fourth-order valence-electron chi connectivity index (χ4n) is 2.44. The number of benzene rings is 1. The summed E-state index contributed by atoms with van der Waals surface area (Å²) < 4.78 is 15.3. The molecular formula is C15H19ClFN3. The number of aromatic nitrogens is 2. The maximum Gasteiger partial charge on any atom is 0.142 e. The lowest BCUT2D eigenvalue weighted by molar-refractivity contribution is 0.564. The molecule has 0 fully saturated rings. The first-order valence-corrected chi connectivity index (χ1v) is 6.95. The lowest BCUT2D eigenvalue weighted by Crippen LogP contribution is -2.19. The van der Waals surface area contributed by atoms with Crippen LogP contribution in [-0.4, -0.2) is 9.78 Å². The summed E-state index contributed by atoms with van der Waals surface area (Å²) in [7, 11) is 1.94. The second-order valence-corrected chi connectivity index (χ2v) is 5.47. The first kappa shape index (κ1) is 15.0. The van der Waals surface area contributed by atoms with Crippen molar-refractivity contribution in [3.8, 4) is 0 Å². The Balaban J connectivity index is 2.08. The second-order valence-electron chi connectivity index (χ2n) is 5.06. The van der Waals surface area contributed by atoms with Crippen molar-refractivity contribution < 1.29 is 4.39 Å². The maximum atomic E-state index is 13.4. The molecule has 2 aromatic rings. The number of aryl methyl sites for hydroxylation is 2. The van der Waals surface area contributed by atoms with Crippen molar-refractivity contribution in [2.75, 3.05) is 0 Å². The number of halogens is 2. The van der Waals surface area contributed by atoms with Gasteiger partial charge in [0, 0.05) is 30.9 Å². The largest absolute Gasteiger partial charge is 0.306 e. The Morgan fingerprint density at radius 3 is 2.65 bits per heavy atom. The van der Waals surface area contributed by atoms with E-state index < -0.39 is 0 Å². The summed E-state index contributed by atoms with van der Waals surface area (Å²) in [4.78, 5) is 0. The lowest BCUT2D eigenvalue weighted by atomic mass is 10.1. The molecule has 20 heavy (non-hydrogen) atoms. The third-order valence-corrected chi connectivity index (χ3v) is 3.90. The number of rotatable bonds is 4. The molecule has 0 spiro atoms. The molecule has 0 bridgehead atoms. The molecular weight excluding hydrogens is 277 g/mol. The van der Waals surface area contributed by atoms with E-state index in [9.17, 15) is 4.39 Å². The molecule has 0 aliphatic carbocycles. The molecule has 1 heterocycles. The van der Waals surface area contributed by atoms with E-state index in [4.69, 9.17) is 11.6 Å². The average Bonchev–Trinajstić information content (AvgIpc) is 2.64. The monoisotopic (exact) mass is 295 g/mol.